The normalized spacial score (nSPS) is 18.2. The zero-order chi connectivity index (χ0) is 10.2. The molecular weight excluding hydrogens is 192 g/mol. The lowest BCUT2D eigenvalue weighted by Gasteiger charge is -2.15. The highest BCUT2D eigenvalue weighted by atomic mass is 28.3. The first-order chi connectivity index (χ1) is 6.86. The molecule has 0 atom stereocenters. The highest BCUT2D eigenvalue weighted by Crippen LogP contribution is 2.29. The van der Waals surface area contributed by atoms with E-state index in [0.29, 0.717) is 0 Å². The van der Waals surface area contributed by atoms with Gasteiger partial charge in [0.05, 0.1) is 0 Å². The van der Waals surface area contributed by atoms with Crippen LogP contribution in [0.15, 0.2) is 0 Å². The van der Waals surface area contributed by atoms with Gasteiger partial charge in [-0.1, -0.05) is 25.7 Å². The summed E-state index contributed by atoms with van der Waals surface area (Å²) in [5.74, 6) is 0.968. The Kier molecular flexibility index (Phi) is 6.48. The highest BCUT2D eigenvalue weighted by molar-refractivity contribution is 6.44. The Labute approximate surface area is 89.8 Å². The van der Waals surface area contributed by atoms with Crippen molar-refractivity contribution in [3.8, 4) is 0 Å². The maximum Gasteiger partial charge on any atom is 0.384 e. The van der Waals surface area contributed by atoms with Crippen molar-refractivity contribution >= 4 is 9.28 Å². The fraction of sp³-hybridized carbons (Fsp3) is 1.00. The molecule has 0 spiro atoms. The minimum Gasteiger partial charge on any atom is -0.394 e. The van der Waals surface area contributed by atoms with Gasteiger partial charge in [0, 0.05) is 13.2 Å². The van der Waals surface area contributed by atoms with E-state index in [1.807, 2.05) is 0 Å². The van der Waals surface area contributed by atoms with Crippen LogP contribution in [0, 0.1) is 5.92 Å². The van der Waals surface area contributed by atoms with Gasteiger partial charge >= 0.3 is 9.28 Å². The summed E-state index contributed by atoms with van der Waals surface area (Å²) in [5, 5.41) is 0. The van der Waals surface area contributed by atoms with Crippen LogP contribution in [0.1, 0.15) is 46.0 Å². The Morgan fingerprint density at radius 1 is 1.07 bits per heavy atom. The molecule has 1 saturated carbocycles. The van der Waals surface area contributed by atoms with Gasteiger partial charge in [0.1, 0.15) is 0 Å². The van der Waals surface area contributed by atoms with E-state index in [1.54, 1.807) is 0 Å². The Morgan fingerprint density at radius 3 is 2.14 bits per heavy atom. The smallest absolute Gasteiger partial charge is 0.384 e. The molecule has 1 aliphatic carbocycles. The zero-order valence-corrected chi connectivity index (χ0v) is 10.6. The molecule has 0 aromatic rings. The summed E-state index contributed by atoms with van der Waals surface area (Å²) < 4.78 is 11.2. The first-order valence-electron chi connectivity index (χ1n) is 5.98. The van der Waals surface area contributed by atoms with Gasteiger partial charge in [-0.15, -0.1) is 0 Å². The number of hydrogen-bond donors (Lipinski definition) is 0. The largest absolute Gasteiger partial charge is 0.394 e. The van der Waals surface area contributed by atoms with Crippen molar-refractivity contribution in [2.45, 2.75) is 52.0 Å². The third-order valence-corrected chi connectivity index (χ3v) is 4.76. The van der Waals surface area contributed by atoms with Crippen molar-refractivity contribution in [1.82, 2.24) is 0 Å². The molecule has 14 heavy (non-hydrogen) atoms. The maximum atomic E-state index is 5.62. The molecule has 1 radical (unpaired) electrons. The summed E-state index contributed by atoms with van der Waals surface area (Å²) in [6, 6.07) is 1.18. The molecule has 0 aromatic heterocycles. The summed E-state index contributed by atoms with van der Waals surface area (Å²) in [4.78, 5) is 0. The van der Waals surface area contributed by atoms with E-state index in [-0.39, 0.29) is 0 Å². The fourth-order valence-corrected chi connectivity index (χ4v) is 3.79. The monoisotopic (exact) mass is 215 g/mol. The molecule has 0 aliphatic heterocycles. The molecule has 0 unspecified atom stereocenters. The van der Waals surface area contributed by atoms with E-state index >= 15 is 0 Å². The first-order valence-corrected chi connectivity index (χ1v) is 7.50. The third-order valence-electron chi connectivity index (χ3n) is 2.84. The topological polar surface area (TPSA) is 18.5 Å². The van der Waals surface area contributed by atoms with Gasteiger partial charge in [-0.3, -0.25) is 0 Å². The SMILES string of the molecule is CCO[Si](CCC1CCCC1)OCC. The predicted molar refractivity (Wildman–Crippen MR) is 60.4 cm³/mol. The molecule has 3 heteroatoms. The Morgan fingerprint density at radius 2 is 1.64 bits per heavy atom. The second kappa shape index (κ2) is 7.43. The van der Waals surface area contributed by atoms with E-state index < -0.39 is 9.28 Å². The summed E-state index contributed by atoms with van der Waals surface area (Å²) in [6.07, 6.45) is 7.08. The van der Waals surface area contributed by atoms with Crippen LogP contribution >= 0.6 is 0 Å². The Balaban J connectivity index is 2.10. The summed E-state index contributed by atoms with van der Waals surface area (Å²) >= 11 is 0. The predicted octanol–water partition coefficient (Wildman–Crippen LogP) is 3.13. The summed E-state index contributed by atoms with van der Waals surface area (Å²) in [7, 11) is -0.934. The Bertz CT molecular complexity index is 129. The molecule has 1 aliphatic rings. The van der Waals surface area contributed by atoms with Gasteiger partial charge in [-0.2, -0.15) is 0 Å². The van der Waals surface area contributed by atoms with Crippen LogP contribution in [-0.4, -0.2) is 22.5 Å². The van der Waals surface area contributed by atoms with Crippen LogP contribution in [0.25, 0.3) is 0 Å². The first kappa shape index (κ1) is 12.2. The number of hydrogen-bond acceptors (Lipinski definition) is 2. The van der Waals surface area contributed by atoms with Gasteiger partial charge in [0.25, 0.3) is 0 Å². The van der Waals surface area contributed by atoms with Crippen LogP contribution in [-0.2, 0) is 8.85 Å². The van der Waals surface area contributed by atoms with Crippen molar-refractivity contribution in [3.63, 3.8) is 0 Å². The summed E-state index contributed by atoms with van der Waals surface area (Å²) in [5.41, 5.74) is 0. The van der Waals surface area contributed by atoms with Gasteiger partial charge in [0.15, 0.2) is 0 Å². The van der Waals surface area contributed by atoms with E-state index in [2.05, 4.69) is 13.8 Å². The standard InChI is InChI=1S/C11H23O2Si/c1-3-12-14(13-4-2)10-9-11-7-5-6-8-11/h11H,3-10H2,1-2H3. The molecular formula is C11H23O2Si. The molecule has 0 amide bonds. The van der Waals surface area contributed by atoms with Crippen LogP contribution in [0.5, 0.6) is 0 Å². The molecule has 0 saturated heterocycles. The van der Waals surface area contributed by atoms with Crippen LogP contribution in [0.2, 0.25) is 6.04 Å². The van der Waals surface area contributed by atoms with E-state index in [4.69, 9.17) is 8.85 Å². The lowest BCUT2D eigenvalue weighted by atomic mass is 10.1. The van der Waals surface area contributed by atoms with Gasteiger partial charge in [-0.05, 0) is 32.2 Å². The van der Waals surface area contributed by atoms with Gasteiger partial charge in [-0.25, -0.2) is 0 Å². The van der Waals surface area contributed by atoms with Crippen molar-refractivity contribution in [1.29, 1.82) is 0 Å². The quantitative estimate of drug-likeness (QED) is 0.607. The van der Waals surface area contributed by atoms with Crippen molar-refractivity contribution in [3.05, 3.63) is 0 Å². The highest BCUT2D eigenvalue weighted by Gasteiger charge is 2.20. The van der Waals surface area contributed by atoms with Crippen LogP contribution in [0.4, 0.5) is 0 Å². The van der Waals surface area contributed by atoms with Crippen molar-refractivity contribution in [2.24, 2.45) is 5.92 Å². The molecule has 83 valence electrons. The maximum absolute atomic E-state index is 5.62. The van der Waals surface area contributed by atoms with E-state index in [0.717, 1.165) is 19.1 Å². The second-order valence-electron chi connectivity index (χ2n) is 3.93. The number of rotatable bonds is 7. The fourth-order valence-electron chi connectivity index (χ4n) is 2.13. The van der Waals surface area contributed by atoms with Crippen LogP contribution in [0.3, 0.4) is 0 Å². The average molecular weight is 215 g/mol. The van der Waals surface area contributed by atoms with E-state index in [9.17, 15) is 0 Å². The van der Waals surface area contributed by atoms with Crippen LogP contribution < -0.4 is 0 Å². The Hall–Kier alpha value is 0.137. The lowest BCUT2D eigenvalue weighted by Crippen LogP contribution is -2.23. The van der Waals surface area contributed by atoms with Crippen molar-refractivity contribution < 1.29 is 8.85 Å². The van der Waals surface area contributed by atoms with E-state index in [1.165, 1.54) is 38.1 Å². The minimum absolute atomic E-state index is 0.805. The zero-order valence-electron chi connectivity index (χ0n) is 9.55. The summed E-state index contributed by atoms with van der Waals surface area (Å²) in [6.45, 7) is 5.72. The van der Waals surface area contributed by atoms with Gasteiger partial charge < -0.3 is 8.85 Å². The average Bonchev–Trinajstić information content (AvgIpc) is 2.67. The molecule has 2 nitrogen and oxygen atoms in total. The van der Waals surface area contributed by atoms with Gasteiger partial charge in [0.2, 0.25) is 0 Å². The minimum atomic E-state index is -0.934. The molecule has 0 heterocycles. The molecule has 0 bridgehead atoms. The second-order valence-corrected chi connectivity index (χ2v) is 5.75. The molecule has 0 aromatic carbocycles. The molecule has 0 N–H and O–H groups in total. The lowest BCUT2D eigenvalue weighted by molar-refractivity contribution is 0.211. The van der Waals surface area contributed by atoms with Crippen molar-refractivity contribution in [2.75, 3.05) is 13.2 Å². The molecule has 1 fully saturated rings. The third kappa shape index (κ3) is 4.58. The molecule has 1 rings (SSSR count).